The number of halogens is 2. The van der Waals surface area contributed by atoms with Crippen LogP contribution in [-0.4, -0.2) is 37.6 Å². The molecule has 1 aliphatic rings. The fraction of sp³-hybridized carbons (Fsp3) is 1.00. The molecule has 0 bridgehead atoms. The molecule has 1 N–H and O–H groups in total. The Morgan fingerprint density at radius 3 is 1.83 bits per heavy atom. The van der Waals surface area contributed by atoms with Crippen molar-refractivity contribution in [2.45, 2.75) is 58.3 Å². The average molecular weight is 299 g/mol. The Bertz CT molecular complexity index is 151. The van der Waals surface area contributed by atoms with Crippen LogP contribution in [0.4, 0.5) is 0 Å². The van der Waals surface area contributed by atoms with Gasteiger partial charge in [-0.15, -0.1) is 24.8 Å². The van der Waals surface area contributed by atoms with Gasteiger partial charge in [0.25, 0.3) is 0 Å². The number of hydrogen-bond acceptors (Lipinski definition) is 2. The third-order valence-corrected chi connectivity index (χ3v) is 3.54. The van der Waals surface area contributed by atoms with Crippen LogP contribution in [0.5, 0.6) is 0 Å². The van der Waals surface area contributed by atoms with Gasteiger partial charge in [0.2, 0.25) is 0 Å². The summed E-state index contributed by atoms with van der Waals surface area (Å²) in [6.07, 6.45) is 11.5. The number of rotatable bonds is 9. The van der Waals surface area contributed by atoms with Crippen molar-refractivity contribution >= 4 is 24.8 Å². The summed E-state index contributed by atoms with van der Waals surface area (Å²) in [4.78, 5) is 2.60. The Labute approximate surface area is 126 Å². The molecule has 2 nitrogen and oxygen atoms in total. The summed E-state index contributed by atoms with van der Waals surface area (Å²) in [6.45, 7) is 8.52. The first-order valence-electron chi connectivity index (χ1n) is 7.36. The van der Waals surface area contributed by atoms with E-state index in [1.807, 2.05) is 0 Å². The topological polar surface area (TPSA) is 15.3 Å². The molecule has 0 aromatic rings. The maximum atomic E-state index is 3.40. The van der Waals surface area contributed by atoms with Crippen molar-refractivity contribution in [2.75, 3.05) is 32.7 Å². The number of hydrogen-bond donors (Lipinski definition) is 1. The Hall–Kier alpha value is 0.500. The molecule has 18 heavy (non-hydrogen) atoms. The standard InChI is InChI=1S/C14H30N2.2ClH/c1-2-3-4-5-6-7-8-9-12-16-13-10-15-11-14-16;;/h15H,2-14H2,1H3;2*1H. The normalized spacial score (nSPS) is 15.8. The molecule has 0 atom stereocenters. The van der Waals surface area contributed by atoms with Crippen molar-refractivity contribution < 1.29 is 0 Å². The van der Waals surface area contributed by atoms with Gasteiger partial charge in [0.15, 0.2) is 0 Å². The number of unbranched alkanes of at least 4 members (excludes halogenated alkanes) is 7. The van der Waals surface area contributed by atoms with E-state index < -0.39 is 0 Å². The minimum Gasteiger partial charge on any atom is -0.314 e. The van der Waals surface area contributed by atoms with E-state index in [1.54, 1.807) is 0 Å². The van der Waals surface area contributed by atoms with Gasteiger partial charge in [-0.3, -0.25) is 0 Å². The minimum absolute atomic E-state index is 0. The van der Waals surface area contributed by atoms with Crippen LogP contribution < -0.4 is 5.32 Å². The third-order valence-electron chi connectivity index (χ3n) is 3.54. The summed E-state index contributed by atoms with van der Waals surface area (Å²) in [5.41, 5.74) is 0. The predicted octanol–water partition coefficient (Wildman–Crippen LogP) is 3.88. The van der Waals surface area contributed by atoms with Gasteiger partial charge in [0, 0.05) is 26.2 Å². The van der Waals surface area contributed by atoms with Gasteiger partial charge in [-0.2, -0.15) is 0 Å². The lowest BCUT2D eigenvalue weighted by atomic mass is 10.1. The lowest BCUT2D eigenvalue weighted by Gasteiger charge is -2.27. The minimum atomic E-state index is 0. The zero-order valence-corrected chi connectivity index (χ0v) is 13.6. The van der Waals surface area contributed by atoms with E-state index in [0.717, 1.165) is 0 Å². The van der Waals surface area contributed by atoms with Crippen LogP contribution in [0.1, 0.15) is 58.3 Å². The largest absolute Gasteiger partial charge is 0.314 e. The highest BCUT2D eigenvalue weighted by atomic mass is 35.5. The molecule has 112 valence electrons. The highest BCUT2D eigenvalue weighted by Gasteiger charge is 2.07. The van der Waals surface area contributed by atoms with Crippen LogP contribution in [0.3, 0.4) is 0 Å². The van der Waals surface area contributed by atoms with Gasteiger partial charge in [0.1, 0.15) is 0 Å². The van der Waals surface area contributed by atoms with Gasteiger partial charge < -0.3 is 10.2 Å². The molecule has 0 spiro atoms. The van der Waals surface area contributed by atoms with E-state index >= 15 is 0 Å². The molecule has 1 saturated heterocycles. The second kappa shape index (κ2) is 15.6. The van der Waals surface area contributed by atoms with Crippen LogP contribution in [0.25, 0.3) is 0 Å². The summed E-state index contributed by atoms with van der Waals surface area (Å²) in [5.74, 6) is 0. The molecule has 1 rings (SSSR count). The maximum Gasteiger partial charge on any atom is 0.0107 e. The first-order valence-corrected chi connectivity index (χ1v) is 7.36. The van der Waals surface area contributed by atoms with E-state index in [9.17, 15) is 0 Å². The van der Waals surface area contributed by atoms with Crippen molar-refractivity contribution in [3.8, 4) is 0 Å². The fourth-order valence-electron chi connectivity index (χ4n) is 2.40. The third kappa shape index (κ3) is 11.6. The smallest absolute Gasteiger partial charge is 0.0107 e. The molecule has 0 radical (unpaired) electrons. The first-order chi connectivity index (χ1) is 7.93. The number of nitrogens with zero attached hydrogens (tertiary/aromatic N) is 1. The van der Waals surface area contributed by atoms with Crippen LogP contribution in [0, 0.1) is 0 Å². The van der Waals surface area contributed by atoms with Crippen molar-refractivity contribution in [1.29, 1.82) is 0 Å². The second-order valence-corrected chi connectivity index (χ2v) is 5.07. The van der Waals surface area contributed by atoms with Gasteiger partial charge in [0.05, 0.1) is 0 Å². The molecule has 1 aliphatic heterocycles. The van der Waals surface area contributed by atoms with E-state index in [0.29, 0.717) is 0 Å². The van der Waals surface area contributed by atoms with E-state index in [4.69, 9.17) is 0 Å². The second-order valence-electron chi connectivity index (χ2n) is 5.07. The zero-order valence-electron chi connectivity index (χ0n) is 12.0. The van der Waals surface area contributed by atoms with Crippen LogP contribution in [0.15, 0.2) is 0 Å². The van der Waals surface area contributed by atoms with E-state index in [2.05, 4.69) is 17.1 Å². The summed E-state index contributed by atoms with van der Waals surface area (Å²) >= 11 is 0. The fourth-order valence-corrected chi connectivity index (χ4v) is 2.40. The van der Waals surface area contributed by atoms with Gasteiger partial charge >= 0.3 is 0 Å². The molecule has 0 unspecified atom stereocenters. The molecule has 4 heteroatoms. The Morgan fingerprint density at radius 1 is 0.778 bits per heavy atom. The summed E-state index contributed by atoms with van der Waals surface area (Å²) in [7, 11) is 0. The van der Waals surface area contributed by atoms with Crippen molar-refractivity contribution in [3.05, 3.63) is 0 Å². The maximum absolute atomic E-state index is 3.40. The highest BCUT2D eigenvalue weighted by molar-refractivity contribution is 5.85. The average Bonchev–Trinajstić information content (AvgIpc) is 2.34. The van der Waals surface area contributed by atoms with Gasteiger partial charge in [-0.05, 0) is 13.0 Å². The summed E-state index contributed by atoms with van der Waals surface area (Å²) in [5, 5.41) is 3.40. The Morgan fingerprint density at radius 2 is 1.28 bits per heavy atom. The molecule has 0 aliphatic carbocycles. The Kier molecular flexibility index (Phi) is 18.0. The van der Waals surface area contributed by atoms with Gasteiger partial charge in [-0.1, -0.05) is 51.9 Å². The Balaban J connectivity index is 0. The first kappa shape index (κ1) is 20.8. The van der Waals surface area contributed by atoms with Crippen molar-refractivity contribution in [3.63, 3.8) is 0 Å². The van der Waals surface area contributed by atoms with E-state index in [-0.39, 0.29) is 24.8 Å². The molecule has 1 heterocycles. The van der Waals surface area contributed by atoms with Crippen molar-refractivity contribution in [1.82, 2.24) is 10.2 Å². The van der Waals surface area contributed by atoms with Crippen LogP contribution in [0.2, 0.25) is 0 Å². The number of piperazine rings is 1. The molecular weight excluding hydrogens is 267 g/mol. The number of nitrogens with one attached hydrogen (secondary N) is 1. The monoisotopic (exact) mass is 298 g/mol. The molecule has 0 saturated carbocycles. The quantitative estimate of drug-likeness (QED) is 0.650. The summed E-state index contributed by atoms with van der Waals surface area (Å²) in [6, 6.07) is 0. The van der Waals surface area contributed by atoms with E-state index in [1.165, 1.54) is 84.1 Å². The molecule has 1 fully saturated rings. The lowest BCUT2D eigenvalue weighted by Crippen LogP contribution is -2.43. The van der Waals surface area contributed by atoms with Crippen molar-refractivity contribution in [2.24, 2.45) is 0 Å². The molecule has 0 aromatic carbocycles. The van der Waals surface area contributed by atoms with Crippen LogP contribution >= 0.6 is 24.8 Å². The molecule has 0 aromatic heterocycles. The highest BCUT2D eigenvalue weighted by Crippen LogP contribution is 2.08. The summed E-state index contributed by atoms with van der Waals surface area (Å²) < 4.78 is 0. The lowest BCUT2D eigenvalue weighted by molar-refractivity contribution is 0.236. The zero-order chi connectivity index (χ0) is 11.5. The SMILES string of the molecule is CCCCCCCCCCN1CCNCC1.Cl.Cl. The molecule has 0 amide bonds. The van der Waals surface area contributed by atoms with Crippen LogP contribution in [-0.2, 0) is 0 Å². The predicted molar refractivity (Wildman–Crippen MR) is 86.4 cm³/mol. The molecular formula is C14H32Cl2N2. The van der Waals surface area contributed by atoms with Gasteiger partial charge in [-0.25, -0.2) is 0 Å².